The molecule has 0 spiro atoms. The summed E-state index contributed by atoms with van der Waals surface area (Å²) >= 11 is 0. The van der Waals surface area contributed by atoms with Crippen LogP contribution >= 0.6 is 0 Å². The molecule has 2 N–H and O–H groups in total. The van der Waals surface area contributed by atoms with Gasteiger partial charge in [-0.25, -0.2) is 0 Å². The monoisotopic (exact) mass is 211 g/mol. The maximum absolute atomic E-state index is 11.8. The molecule has 0 bridgehead atoms. The molecule has 2 unspecified atom stereocenters. The van der Waals surface area contributed by atoms with Crippen molar-refractivity contribution in [1.82, 2.24) is 15.5 Å². The normalized spacial score (nSPS) is 33.5. The lowest BCUT2D eigenvalue weighted by molar-refractivity contribution is -0.127. The highest BCUT2D eigenvalue weighted by atomic mass is 16.2. The summed E-state index contributed by atoms with van der Waals surface area (Å²) in [4.78, 5) is 14.1. The Bertz CT molecular complexity index is 240. The van der Waals surface area contributed by atoms with Crippen molar-refractivity contribution in [2.75, 3.05) is 33.2 Å². The summed E-state index contributed by atoms with van der Waals surface area (Å²) < 4.78 is 0. The second-order valence-corrected chi connectivity index (χ2v) is 5.00. The van der Waals surface area contributed by atoms with E-state index in [-0.39, 0.29) is 11.8 Å². The maximum Gasteiger partial charge on any atom is 0.225 e. The van der Waals surface area contributed by atoms with Crippen LogP contribution in [0, 0.1) is 11.8 Å². The van der Waals surface area contributed by atoms with Gasteiger partial charge in [-0.2, -0.15) is 0 Å². The fourth-order valence-corrected chi connectivity index (χ4v) is 2.34. The molecule has 0 aliphatic carbocycles. The molecule has 2 rings (SSSR count). The molecule has 2 saturated heterocycles. The highest BCUT2D eigenvalue weighted by Gasteiger charge is 2.30. The van der Waals surface area contributed by atoms with Crippen molar-refractivity contribution < 1.29 is 4.79 Å². The number of carbonyl (C=O) groups excluding carboxylic acids is 1. The number of rotatable bonds is 2. The highest BCUT2D eigenvalue weighted by molar-refractivity contribution is 5.80. The Balaban J connectivity index is 1.80. The van der Waals surface area contributed by atoms with E-state index < -0.39 is 0 Å². The Hall–Kier alpha value is -0.610. The fourth-order valence-electron chi connectivity index (χ4n) is 2.34. The molecule has 0 aromatic rings. The Labute approximate surface area is 91.4 Å². The van der Waals surface area contributed by atoms with E-state index >= 15 is 0 Å². The van der Waals surface area contributed by atoms with Gasteiger partial charge in [0, 0.05) is 25.7 Å². The first-order valence-corrected chi connectivity index (χ1v) is 5.86. The predicted molar refractivity (Wildman–Crippen MR) is 59.6 cm³/mol. The van der Waals surface area contributed by atoms with Gasteiger partial charge in [-0.15, -0.1) is 0 Å². The quantitative estimate of drug-likeness (QED) is 0.657. The van der Waals surface area contributed by atoms with Crippen molar-refractivity contribution in [2.45, 2.75) is 19.4 Å². The molecule has 0 aromatic carbocycles. The fraction of sp³-hybridized carbons (Fsp3) is 0.909. The number of nitrogens with one attached hydrogen (secondary N) is 2. The van der Waals surface area contributed by atoms with Crippen molar-refractivity contribution in [1.29, 1.82) is 0 Å². The molecule has 2 atom stereocenters. The largest absolute Gasteiger partial charge is 0.353 e. The molecule has 4 nitrogen and oxygen atoms in total. The molecule has 1 amide bonds. The van der Waals surface area contributed by atoms with E-state index in [1.165, 1.54) is 0 Å². The average Bonchev–Trinajstić information content (AvgIpc) is 2.07. The lowest BCUT2D eigenvalue weighted by Crippen LogP contribution is -2.56. The molecule has 0 aromatic heterocycles. The Morgan fingerprint density at radius 1 is 1.47 bits per heavy atom. The third-order valence-corrected chi connectivity index (χ3v) is 3.59. The zero-order valence-corrected chi connectivity index (χ0v) is 9.62. The van der Waals surface area contributed by atoms with Crippen LogP contribution in [-0.4, -0.2) is 50.1 Å². The van der Waals surface area contributed by atoms with E-state index in [2.05, 4.69) is 29.5 Å². The van der Waals surface area contributed by atoms with Crippen molar-refractivity contribution >= 4 is 5.91 Å². The molecule has 2 fully saturated rings. The summed E-state index contributed by atoms with van der Waals surface area (Å²) in [5.74, 6) is 1.03. The lowest BCUT2D eigenvalue weighted by atomic mass is 9.93. The van der Waals surface area contributed by atoms with Crippen LogP contribution in [0.5, 0.6) is 0 Å². The van der Waals surface area contributed by atoms with E-state index in [1.54, 1.807) is 0 Å². The number of carbonyl (C=O) groups is 1. The van der Waals surface area contributed by atoms with E-state index in [0.29, 0.717) is 12.0 Å². The van der Waals surface area contributed by atoms with Crippen LogP contribution in [0.4, 0.5) is 0 Å². The molecule has 0 radical (unpaired) electrons. The van der Waals surface area contributed by atoms with Gasteiger partial charge in [0.15, 0.2) is 0 Å². The van der Waals surface area contributed by atoms with Crippen LogP contribution in [-0.2, 0) is 4.79 Å². The first-order chi connectivity index (χ1) is 7.16. The molecular formula is C11H21N3O. The van der Waals surface area contributed by atoms with Gasteiger partial charge in [-0.3, -0.25) is 4.79 Å². The SMILES string of the molecule is CC1CN(C)CCC1NC(=O)C1CNC1. The van der Waals surface area contributed by atoms with Crippen molar-refractivity contribution in [3.8, 4) is 0 Å². The number of piperidine rings is 1. The summed E-state index contributed by atoms with van der Waals surface area (Å²) in [6.07, 6.45) is 1.09. The van der Waals surface area contributed by atoms with E-state index in [9.17, 15) is 4.79 Å². The predicted octanol–water partition coefficient (Wildman–Crippen LogP) is -0.338. The molecule has 2 aliphatic heterocycles. The van der Waals surface area contributed by atoms with Gasteiger partial charge in [-0.1, -0.05) is 6.92 Å². The minimum absolute atomic E-state index is 0.219. The number of amides is 1. The summed E-state index contributed by atoms with van der Waals surface area (Å²) in [6.45, 7) is 6.12. The third-order valence-electron chi connectivity index (χ3n) is 3.59. The van der Waals surface area contributed by atoms with Gasteiger partial charge < -0.3 is 15.5 Å². The molecule has 2 heterocycles. The van der Waals surface area contributed by atoms with Crippen LogP contribution in [0.3, 0.4) is 0 Å². The minimum Gasteiger partial charge on any atom is -0.353 e. The molecule has 86 valence electrons. The van der Waals surface area contributed by atoms with E-state index in [0.717, 1.165) is 32.6 Å². The van der Waals surface area contributed by atoms with Gasteiger partial charge in [0.1, 0.15) is 0 Å². The average molecular weight is 211 g/mol. The minimum atomic E-state index is 0.219. The topological polar surface area (TPSA) is 44.4 Å². The zero-order valence-electron chi connectivity index (χ0n) is 9.62. The van der Waals surface area contributed by atoms with Crippen molar-refractivity contribution in [3.05, 3.63) is 0 Å². The lowest BCUT2D eigenvalue weighted by Gasteiger charge is -2.37. The van der Waals surface area contributed by atoms with E-state index in [4.69, 9.17) is 0 Å². The van der Waals surface area contributed by atoms with E-state index in [1.807, 2.05) is 0 Å². The summed E-state index contributed by atoms with van der Waals surface area (Å²) in [5.41, 5.74) is 0. The van der Waals surface area contributed by atoms with Gasteiger partial charge >= 0.3 is 0 Å². The van der Waals surface area contributed by atoms with Gasteiger partial charge in [0.25, 0.3) is 0 Å². The second-order valence-electron chi connectivity index (χ2n) is 5.00. The van der Waals surface area contributed by atoms with Gasteiger partial charge in [-0.05, 0) is 25.9 Å². The molecule has 4 heteroatoms. The number of likely N-dealkylation sites (tertiary alicyclic amines) is 1. The second kappa shape index (κ2) is 4.49. The zero-order chi connectivity index (χ0) is 10.8. The Morgan fingerprint density at radius 2 is 2.20 bits per heavy atom. The summed E-state index contributed by atoms with van der Waals surface area (Å²) in [5, 5.41) is 6.31. The Kier molecular flexibility index (Phi) is 3.26. The maximum atomic E-state index is 11.8. The molecule has 15 heavy (non-hydrogen) atoms. The van der Waals surface area contributed by atoms with Gasteiger partial charge in [0.05, 0.1) is 5.92 Å². The van der Waals surface area contributed by atoms with Crippen LogP contribution in [0.15, 0.2) is 0 Å². The Morgan fingerprint density at radius 3 is 2.73 bits per heavy atom. The van der Waals surface area contributed by atoms with Crippen molar-refractivity contribution in [3.63, 3.8) is 0 Å². The summed E-state index contributed by atoms with van der Waals surface area (Å²) in [7, 11) is 2.14. The highest BCUT2D eigenvalue weighted by Crippen LogP contribution is 2.16. The molecular weight excluding hydrogens is 190 g/mol. The van der Waals surface area contributed by atoms with Crippen LogP contribution < -0.4 is 10.6 Å². The van der Waals surface area contributed by atoms with Crippen LogP contribution in [0.1, 0.15) is 13.3 Å². The van der Waals surface area contributed by atoms with Crippen LogP contribution in [0.25, 0.3) is 0 Å². The number of nitrogens with zero attached hydrogens (tertiary/aromatic N) is 1. The first-order valence-electron chi connectivity index (χ1n) is 5.86. The van der Waals surface area contributed by atoms with Crippen LogP contribution in [0.2, 0.25) is 0 Å². The number of hydrogen-bond donors (Lipinski definition) is 2. The first kappa shape index (κ1) is 10.9. The standard InChI is InChI=1S/C11H21N3O/c1-8-7-14(2)4-3-10(8)13-11(15)9-5-12-6-9/h8-10,12H,3-7H2,1-2H3,(H,13,15). The smallest absolute Gasteiger partial charge is 0.225 e. The molecule has 2 aliphatic rings. The molecule has 0 saturated carbocycles. The summed E-state index contributed by atoms with van der Waals surface area (Å²) in [6, 6.07) is 0.384. The van der Waals surface area contributed by atoms with Gasteiger partial charge in [0.2, 0.25) is 5.91 Å². The number of hydrogen-bond acceptors (Lipinski definition) is 3. The van der Waals surface area contributed by atoms with Crippen molar-refractivity contribution in [2.24, 2.45) is 11.8 Å². The third kappa shape index (κ3) is 2.49.